The maximum Gasteiger partial charge on any atom is 0.426 e. The molecule has 0 radical (unpaired) electrons. The van der Waals surface area contributed by atoms with Crippen molar-refractivity contribution in [2.24, 2.45) is 0 Å². The first kappa shape index (κ1) is 19.3. The minimum atomic E-state index is -3.73. The smallest absolute Gasteiger partial charge is 0.426 e. The fourth-order valence-corrected chi connectivity index (χ4v) is 3.18. The third-order valence-electron chi connectivity index (χ3n) is 4.67. The van der Waals surface area contributed by atoms with Gasteiger partial charge < -0.3 is 9.47 Å². The minimum absolute atomic E-state index is 0.320. The summed E-state index contributed by atoms with van der Waals surface area (Å²) < 4.78 is 53.5. The highest BCUT2D eigenvalue weighted by molar-refractivity contribution is 5.93. The van der Waals surface area contributed by atoms with Gasteiger partial charge in [-0.25, -0.2) is 9.18 Å². The van der Waals surface area contributed by atoms with Crippen LogP contribution in [-0.4, -0.2) is 12.1 Å². The van der Waals surface area contributed by atoms with Gasteiger partial charge in [-0.2, -0.15) is 8.78 Å². The molecule has 0 amide bonds. The lowest BCUT2D eigenvalue weighted by atomic mass is 9.95. The van der Waals surface area contributed by atoms with Crippen molar-refractivity contribution in [3.05, 3.63) is 64.5 Å². The van der Waals surface area contributed by atoms with Gasteiger partial charge in [-0.05, 0) is 42.2 Å². The van der Waals surface area contributed by atoms with Crippen LogP contribution in [0, 0.1) is 5.82 Å². The molecule has 0 spiro atoms. The molecule has 1 heterocycles. The van der Waals surface area contributed by atoms with Gasteiger partial charge in [0.05, 0.1) is 5.56 Å². The van der Waals surface area contributed by atoms with E-state index in [1.54, 1.807) is 12.1 Å². The quantitative estimate of drug-likeness (QED) is 0.632. The summed E-state index contributed by atoms with van der Waals surface area (Å²) in [6.07, 6.45) is -1.49. The molecule has 0 bridgehead atoms. The van der Waals surface area contributed by atoms with Gasteiger partial charge in [-0.3, -0.25) is 0 Å². The predicted octanol–water partition coefficient (Wildman–Crippen LogP) is 5.40. The van der Waals surface area contributed by atoms with E-state index >= 15 is 0 Å². The number of hydrogen-bond donors (Lipinski definition) is 0. The summed E-state index contributed by atoms with van der Waals surface area (Å²) in [5.41, 5.74) is 0.642. The number of esters is 1. The first-order valence-electron chi connectivity index (χ1n) is 9.04. The molecule has 0 aromatic heterocycles. The Morgan fingerprint density at radius 1 is 1.15 bits per heavy atom. The maximum absolute atomic E-state index is 14.7. The van der Waals surface area contributed by atoms with E-state index in [1.807, 2.05) is 13.8 Å². The molecule has 3 nitrogen and oxygen atoms in total. The van der Waals surface area contributed by atoms with E-state index in [9.17, 15) is 18.0 Å². The zero-order chi connectivity index (χ0) is 19.6. The van der Waals surface area contributed by atoms with Crippen LogP contribution < -0.4 is 4.74 Å². The highest BCUT2D eigenvalue weighted by atomic mass is 19.3. The lowest BCUT2D eigenvalue weighted by molar-refractivity contribution is -0.187. The molecule has 0 saturated carbocycles. The second kappa shape index (κ2) is 7.62. The SMILES string of the molecule is CCCC1Cc2ccc(OC(F)(F)c3ccc(CC)cc3)c(F)c2C(=O)O1. The van der Waals surface area contributed by atoms with Gasteiger partial charge in [-0.15, -0.1) is 0 Å². The Morgan fingerprint density at radius 2 is 1.85 bits per heavy atom. The molecule has 0 N–H and O–H groups in total. The minimum Gasteiger partial charge on any atom is -0.458 e. The molecule has 1 atom stereocenters. The van der Waals surface area contributed by atoms with Crippen molar-refractivity contribution in [3.8, 4) is 5.75 Å². The molecule has 1 unspecified atom stereocenters. The van der Waals surface area contributed by atoms with Gasteiger partial charge >= 0.3 is 12.1 Å². The third-order valence-corrected chi connectivity index (χ3v) is 4.67. The van der Waals surface area contributed by atoms with Crippen LogP contribution in [0.4, 0.5) is 13.2 Å². The normalized spacial score (nSPS) is 16.6. The number of carbonyl (C=O) groups excluding carboxylic acids is 1. The average Bonchev–Trinajstić information content (AvgIpc) is 2.64. The van der Waals surface area contributed by atoms with Crippen molar-refractivity contribution in [1.82, 2.24) is 0 Å². The molecule has 3 rings (SSSR count). The van der Waals surface area contributed by atoms with E-state index in [0.717, 1.165) is 18.1 Å². The van der Waals surface area contributed by atoms with Gasteiger partial charge in [0.25, 0.3) is 0 Å². The predicted molar refractivity (Wildman–Crippen MR) is 94.6 cm³/mol. The Labute approximate surface area is 156 Å². The van der Waals surface area contributed by atoms with Crippen molar-refractivity contribution in [1.29, 1.82) is 0 Å². The Morgan fingerprint density at radius 3 is 2.48 bits per heavy atom. The Balaban J connectivity index is 1.87. The van der Waals surface area contributed by atoms with E-state index in [1.165, 1.54) is 18.2 Å². The highest BCUT2D eigenvalue weighted by Crippen LogP contribution is 2.36. The average molecular weight is 378 g/mol. The summed E-state index contributed by atoms with van der Waals surface area (Å²) in [6, 6.07) is 8.23. The number of benzene rings is 2. The number of fused-ring (bicyclic) bond motifs is 1. The fraction of sp³-hybridized carbons (Fsp3) is 0.381. The van der Waals surface area contributed by atoms with Crippen LogP contribution in [-0.2, 0) is 23.7 Å². The van der Waals surface area contributed by atoms with Crippen LogP contribution in [0.1, 0.15) is 53.7 Å². The van der Waals surface area contributed by atoms with Gasteiger partial charge in [0.15, 0.2) is 11.6 Å². The highest BCUT2D eigenvalue weighted by Gasteiger charge is 2.37. The lowest BCUT2D eigenvalue weighted by Gasteiger charge is -2.26. The van der Waals surface area contributed by atoms with Crippen LogP contribution in [0.25, 0.3) is 0 Å². The molecule has 144 valence electrons. The summed E-state index contributed by atoms with van der Waals surface area (Å²) in [5, 5.41) is 0. The fourth-order valence-electron chi connectivity index (χ4n) is 3.18. The standard InChI is InChI=1S/C21H21F3O3/c1-3-5-16-12-14-8-11-17(19(22)18(14)20(25)26-16)27-21(23,24)15-9-6-13(4-2)7-10-15/h6-11,16H,3-5,12H2,1-2H3. The number of cyclic esters (lactones) is 1. The number of alkyl halides is 2. The van der Waals surface area contributed by atoms with Crippen molar-refractivity contribution < 1.29 is 27.4 Å². The van der Waals surface area contributed by atoms with Gasteiger partial charge in [0.2, 0.25) is 0 Å². The van der Waals surface area contributed by atoms with E-state index in [4.69, 9.17) is 4.74 Å². The molecule has 2 aromatic carbocycles. The molecule has 0 fully saturated rings. The largest absolute Gasteiger partial charge is 0.458 e. The van der Waals surface area contributed by atoms with Gasteiger partial charge in [0, 0.05) is 6.42 Å². The first-order valence-corrected chi connectivity index (χ1v) is 9.04. The molecule has 1 aliphatic rings. The molecule has 27 heavy (non-hydrogen) atoms. The second-order valence-corrected chi connectivity index (χ2v) is 6.60. The van der Waals surface area contributed by atoms with Crippen molar-refractivity contribution in [2.75, 3.05) is 0 Å². The number of halogens is 3. The van der Waals surface area contributed by atoms with E-state index in [-0.39, 0.29) is 17.2 Å². The van der Waals surface area contributed by atoms with Crippen molar-refractivity contribution in [2.45, 2.75) is 51.7 Å². The summed E-state index contributed by atoms with van der Waals surface area (Å²) in [7, 11) is 0. The molecule has 1 aliphatic heterocycles. The number of rotatable bonds is 6. The molecule has 6 heteroatoms. The van der Waals surface area contributed by atoms with Crippen LogP contribution >= 0.6 is 0 Å². The van der Waals surface area contributed by atoms with Crippen LogP contribution in [0.15, 0.2) is 36.4 Å². The van der Waals surface area contributed by atoms with E-state index in [2.05, 4.69) is 4.74 Å². The van der Waals surface area contributed by atoms with Crippen LogP contribution in [0.3, 0.4) is 0 Å². The Hall–Kier alpha value is -2.50. The third kappa shape index (κ3) is 3.94. The topological polar surface area (TPSA) is 35.5 Å². The van der Waals surface area contributed by atoms with Crippen LogP contribution in [0.2, 0.25) is 0 Å². The zero-order valence-corrected chi connectivity index (χ0v) is 15.2. The number of aryl methyl sites for hydroxylation is 1. The molecule has 0 aliphatic carbocycles. The monoisotopic (exact) mass is 378 g/mol. The molecular weight excluding hydrogens is 357 g/mol. The zero-order valence-electron chi connectivity index (χ0n) is 15.2. The summed E-state index contributed by atoms with van der Waals surface area (Å²) in [4.78, 5) is 12.1. The first-order chi connectivity index (χ1) is 12.9. The Kier molecular flexibility index (Phi) is 5.44. The maximum atomic E-state index is 14.7. The lowest BCUT2D eigenvalue weighted by Crippen LogP contribution is -2.29. The van der Waals surface area contributed by atoms with E-state index < -0.39 is 23.6 Å². The number of hydrogen-bond acceptors (Lipinski definition) is 3. The van der Waals surface area contributed by atoms with Crippen LogP contribution in [0.5, 0.6) is 5.75 Å². The van der Waals surface area contributed by atoms with Crippen molar-refractivity contribution >= 4 is 5.97 Å². The Bertz CT molecular complexity index is 831. The van der Waals surface area contributed by atoms with Gasteiger partial charge in [-0.1, -0.05) is 38.5 Å². The number of carbonyl (C=O) groups is 1. The second-order valence-electron chi connectivity index (χ2n) is 6.60. The summed E-state index contributed by atoms with van der Waals surface area (Å²) in [5.74, 6) is -2.63. The molecule has 0 saturated heterocycles. The van der Waals surface area contributed by atoms with Gasteiger partial charge in [0.1, 0.15) is 11.7 Å². The summed E-state index contributed by atoms with van der Waals surface area (Å²) in [6.45, 7) is 3.87. The van der Waals surface area contributed by atoms with E-state index in [0.29, 0.717) is 24.8 Å². The molecule has 2 aromatic rings. The van der Waals surface area contributed by atoms with Crippen molar-refractivity contribution in [3.63, 3.8) is 0 Å². The number of ether oxygens (including phenoxy) is 2. The molecular formula is C21H21F3O3. The summed E-state index contributed by atoms with van der Waals surface area (Å²) >= 11 is 0.